The number of para-hydroxylation sites is 1. The van der Waals surface area contributed by atoms with Crippen LogP contribution in [0.2, 0.25) is 0 Å². The Labute approximate surface area is 126 Å². The molecular formula is C14H12N2O2S2. The Kier molecular flexibility index (Phi) is 3.14. The van der Waals surface area contributed by atoms with Gasteiger partial charge in [0, 0.05) is 19.2 Å². The van der Waals surface area contributed by atoms with Crippen molar-refractivity contribution in [2.45, 2.75) is 6.92 Å². The van der Waals surface area contributed by atoms with Gasteiger partial charge in [-0.3, -0.25) is 9.59 Å². The number of likely N-dealkylation sites (N-methyl/N-ethyl adjacent to an activating group) is 2. The van der Waals surface area contributed by atoms with E-state index in [2.05, 4.69) is 0 Å². The lowest BCUT2D eigenvalue weighted by molar-refractivity contribution is -0.113. The number of thiocarbonyl (C=S) groups is 1. The van der Waals surface area contributed by atoms with Crippen LogP contribution in [0.15, 0.2) is 30.0 Å². The molecule has 0 aliphatic carbocycles. The maximum atomic E-state index is 12.5. The minimum atomic E-state index is -0.154. The molecule has 0 radical (unpaired) electrons. The molecular weight excluding hydrogens is 292 g/mol. The number of amides is 1. The molecule has 2 heterocycles. The molecule has 4 nitrogen and oxygen atoms in total. The maximum absolute atomic E-state index is 12.5. The van der Waals surface area contributed by atoms with Crippen LogP contribution in [0.5, 0.6) is 0 Å². The van der Waals surface area contributed by atoms with E-state index in [4.69, 9.17) is 12.2 Å². The molecule has 1 aromatic carbocycles. The van der Waals surface area contributed by atoms with Crippen molar-refractivity contribution in [3.8, 4) is 0 Å². The molecule has 2 aliphatic rings. The average molecular weight is 304 g/mol. The van der Waals surface area contributed by atoms with E-state index < -0.39 is 0 Å². The molecule has 20 heavy (non-hydrogen) atoms. The zero-order valence-electron chi connectivity index (χ0n) is 11.0. The third-order valence-corrected chi connectivity index (χ3v) is 4.71. The van der Waals surface area contributed by atoms with E-state index >= 15 is 0 Å². The van der Waals surface area contributed by atoms with Crippen LogP contribution in [0.3, 0.4) is 0 Å². The summed E-state index contributed by atoms with van der Waals surface area (Å²) in [6.45, 7) is 2.50. The van der Waals surface area contributed by atoms with Crippen molar-refractivity contribution in [3.63, 3.8) is 0 Å². The fourth-order valence-corrected chi connectivity index (χ4v) is 3.75. The molecule has 0 spiro atoms. The van der Waals surface area contributed by atoms with Gasteiger partial charge in [0.05, 0.1) is 11.3 Å². The van der Waals surface area contributed by atoms with Crippen molar-refractivity contribution in [2.75, 3.05) is 18.5 Å². The van der Waals surface area contributed by atoms with Crippen molar-refractivity contribution in [1.82, 2.24) is 4.90 Å². The first-order valence-corrected chi connectivity index (χ1v) is 7.44. The summed E-state index contributed by atoms with van der Waals surface area (Å²) in [5.41, 5.74) is 2.50. The third kappa shape index (κ3) is 1.72. The molecule has 6 heteroatoms. The summed E-state index contributed by atoms with van der Waals surface area (Å²) < 4.78 is 0.514. The molecule has 0 N–H and O–H groups in total. The molecule has 102 valence electrons. The van der Waals surface area contributed by atoms with E-state index in [1.54, 1.807) is 16.8 Å². The molecule has 1 amide bonds. The van der Waals surface area contributed by atoms with Crippen molar-refractivity contribution < 1.29 is 9.59 Å². The van der Waals surface area contributed by atoms with Crippen molar-refractivity contribution in [2.24, 2.45) is 0 Å². The summed E-state index contributed by atoms with van der Waals surface area (Å²) in [6, 6.07) is 7.49. The average Bonchev–Trinajstić information content (AvgIpc) is 2.85. The second-order valence-electron chi connectivity index (χ2n) is 4.50. The Balaban J connectivity index is 2.28. The number of hydrogen-bond acceptors (Lipinski definition) is 4. The van der Waals surface area contributed by atoms with Gasteiger partial charge in [-0.25, -0.2) is 0 Å². The quantitative estimate of drug-likeness (QED) is 0.588. The Morgan fingerprint density at radius 1 is 1.25 bits per heavy atom. The first-order chi connectivity index (χ1) is 9.56. The van der Waals surface area contributed by atoms with Gasteiger partial charge in [-0.1, -0.05) is 30.4 Å². The third-order valence-electron chi connectivity index (χ3n) is 3.47. The highest BCUT2D eigenvalue weighted by molar-refractivity contribution is 8.33. The van der Waals surface area contributed by atoms with Gasteiger partial charge in [0.25, 0.3) is 5.91 Å². The normalized spacial score (nSPS) is 22.0. The molecule has 0 aromatic heterocycles. The number of carbonyl (C=O) groups excluding carboxylic acids is 2. The lowest BCUT2D eigenvalue weighted by Gasteiger charge is -2.16. The van der Waals surface area contributed by atoms with Crippen molar-refractivity contribution in [1.29, 1.82) is 0 Å². The number of anilines is 1. The SMILES string of the molecule is CCN1C(=S)SC(=O)C1=C1C(=O)N(C)c2ccccc21. The largest absolute Gasteiger partial charge is 0.323 e. The predicted molar refractivity (Wildman–Crippen MR) is 84.3 cm³/mol. The van der Waals surface area contributed by atoms with Gasteiger partial charge in [0.2, 0.25) is 5.12 Å². The number of fused-ring (bicyclic) bond motifs is 1. The molecule has 0 bridgehead atoms. The zero-order valence-corrected chi connectivity index (χ0v) is 12.7. The van der Waals surface area contributed by atoms with E-state index in [9.17, 15) is 9.59 Å². The second kappa shape index (κ2) is 4.71. The Morgan fingerprint density at radius 3 is 2.65 bits per heavy atom. The lowest BCUT2D eigenvalue weighted by atomic mass is 10.0. The minimum Gasteiger partial charge on any atom is -0.323 e. The Bertz CT molecular complexity index is 682. The van der Waals surface area contributed by atoms with Gasteiger partial charge in [0.15, 0.2) is 0 Å². The van der Waals surface area contributed by atoms with Crippen LogP contribution < -0.4 is 4.90 Å². The topological polar surface area (TPSA) is 40.6 Å². The van der Waals surface area contributed by atoms with Crippen LogP contribution in [-0.2, 0) is 9.59 Å². The highest BCUT2D eigenvalue weighted by Gasteiger charge is 2.40. The number of nitrogens with zero attached hydrogens (tertiary/aromatic N) is 2. The molecule has 0 unspecified atom stereocenters. The van der Waals surface area contributed by atoms with Crippen LogP contribution in [0.4, 0.5) is 5.69 Å². The first kappa shape index (κ1) is 13.3. The number of hydrogen-bond donors (Lipinski definition) is 0. The first-order valence-electron chi connectivity index (χ1n) is 6.21. The monoisotopic (exact) mass is 304 g/mol. The summed E-state index contributed by atoms with van der Waals surface area (Å²) in [7, 11) is 1.72. The van der Waals surface area contributed by atoms with Crippen molar-refractivity contribution in [3.05, 3.63) is 35.5 Å². The number of thioether (sulfide) groups is 1. The lowest BCUT2D eigenvalue weighted by Crippen LogP contribution is -2.26. The van der Waals surface area contributed by atoms with E-state index in [0.29, 0.717) is 22.1 Å². The van der Waals surface area contributed by atoms with Gasteiger partial charge in [0.1, 0.15) is 10.0 Å². The molecule has 0 saturated carbocycles. The van der Waals surface area contributed by atoms with Crippen LogP contribution in [-0.4, -0.2) is 33.8 Å². The molecule has 2 aliphatic heterocycles. The summed E-state index contributed by atoms with van der Waals surface area (Å²) >= 11 is 6.22. The number of rotatable bonds is 1. The van der Waals surface area contributed by atoms with E-state index in [1.165, 1.54) is 0 Å². The van der Waals surface area contributed by atoms with Gasteiger partial charge in [-0.05, 0) is 24.8 Å². The van der Waals surface area contributed by atoms with Crippen LogP contribution in [0.1, 0.15) is 12.5 Å². The Hall–Kier alpha value is -1.66. The number of benzene rings is 1. The van der Waals surface area contributed by atoms with Gasteiger partial charge in [-0.15, -0.1) is 0 Å². The van der Waals surface area contributed by atoms with Crippen LogP contribution in [0.25, 0.3) is 5.57 Å². The van der Waals surface area contributed by atoms with Crippen LogP contribution in [0, 0.1) is 0 Å². The highest BCUT2D eigenvalue weighted by atomic mass is 32.2. The fourth-order valence-electron chi connectivity index (χ4n) is 2.51. The number of carbonyl (C=O) groups is 2. The summed E-state index contributed by atoms with van der Waals surface area (Å²) in [6.07, 6.45) is 0. The van der Waals surface area contributed by atoms with Crippen LogP contribution >= 0.6 is 24.0 Å². The molecule has 3 rings (SSSR count). The van der Waals surface area contributed by atoms with Gasteiger partial charge >= 0.3 is 0 Å². The predicted octanol–water partition coefficient (Wildman–Crippen LogP) is 2.25. The fraction of sp³-hybridized carbons (Fsp3) is 0.214. The van der Waals surface area contributed by atoms with Gasteiger partial charge < -0.3 is 9.80 Å². The Morgan fingerprint density at radius 2 is 1.95 bits per heavy atom. The van der Waals surface area contributed by atoms with Crippen molar-refractivity contribution >= 4 is 50.6 Å². The van der Waals surface area contributed by atoms with E-state index in [0.717, 1.165) is 23.0 Å². The molecule has 0 atom stereocenters. The minimum absolute atomic E-state index is 0.148. The summed E-state index contributed by atoms with van der Waals surface area (Å²) in [5.74, 6) is -0.154. The summed E-state index contributed by atoms with van der Waals surface area (Å²) in [4.78, 5) is 28.0. The summed E-state index contributed by atoms with van der Waals surface area (Å²) in [5, 5.41) is -0.148. The molecule has 1 saturated heterocycles. The molecule has 1 aromatic rings. The smallest absolute Gasteiger partial charge is 0.261 e. The van der Waals surface area contributed by atoms with E-state index in [1.807, 2.05) is 31.2 Å². The standard InChI is InChI=1S/C14H12N2O2S2/c1-3-16-11(13(18)20-14(16)19)10-8-6-4-5-7-9(8)15(2)12(10)17/h4-7H,3H2,1-2H3. The molecule has 1 fully saturated rings. The van der Waals surface area contributed by atoms with Gasteiger partial charge in [-0.2, -0.15) is 0 Å². The van der Waals surface area contributed by atoms with E-state index in [-0.39, 0.29) is 11.0 Å². The maximum Gasteiger partial charge on any atom is 0.261 e. The zero-order chi connectivity index (χ0) is 14.4. The highest BCUT2D eigenvalue weighted by Crippen LogP contribution is 2.42. The second-order valence-corrected chi connectivity index (χ2v) is 6.11.